The van der Waals surface area contributed by atoms with E-state index in [9.17, 15) is 9.59 Å². The van der Waals surface area contributed by atoms with Gasteiger partial charge < -0.3 is 19.2 Å². The van der Waals surface area contributed by atoms with Crippen LogP contribution in [0.15, 0.2) is 54.7 Å². The zero-order chi connectivity index (χ0) is 19.9. The van der Waals surface area contributed by atoms with E-state index >= 15 is 0 Å². The van der Waals surface area contributed by atoms with Crippen LogP contribution in [0.5, 0.6) is 5.75 Å². The molecule has 146 valence electrons. The number of Topliss-reactive ketones (excluding diaryl/α,β-unsaturated/α-hetero) is 1. The number of carbonyl (C=O) groups is 2. The standard InChI is InChI=1S/C22H24N2O4/c1-3-28-14-6-12-23-22(26)21(25)20-19(15-17-7-4-5-13-24(17)20)16-8-10-18(27-2)11-9-16/h4-5,7-11,13,15H,3,6,12,14H2,1-2H3,(H,23,26). The van der Waals surface area contributed by atoms with Crippen molar-refractivity contribution in [1.82, 2.24) is 9.72 Å². The molecule has 6 nitrogen and oxygen atoms in total. The third-order valence-electron chi connectivity index (χ3n) is 4.46. The molecule has 0 aliphatic heterocycles. The van der Waals surface area contributed by atoms with Crippen LogP contribution in [0, 0.1) is 0 Å². The van der Waals surface area contributed by atoms with Crippen LogP contribution in [0.1, 0.15) is 23.8 Å². The van der Waals surface area contributed by atoms with Crippen LogP contribution in [0.2, 0.25) is 0 Å². The Morgan fingerprint density at radius 3 is 2.61 bits per heavy atom. The quantitative estimate of drug-likeness (QED) is 0.351. The number of methoxy groups -OCH3 is 1. The second-order valence-electron chi connectivity index (χ2n) is 6.27. The topological polar surface area (TPSA) is 69.0 Å². The summed E-state index contributed by atoms with van der Waals surface area (Å²) >= 11 is 0. The van der Waals surface area contributed by atoms with Gasteiger partial charge in [0.05, 0.1) is 7.11 Å². The Morgan fingerprint density at radius 1 is 1.11 bits per heavy atom. The van der Waals surface area contributed by atoms with Crippen LogP contribution in [-0.4, -0.2) is 43.0 Å². The molecule has 28 heavy (non-hydrogen) atoms. The second kappa shape index (κ2) is 9.19. The monoisotopic (exact) mass is 380 g/mol. The van der Waals surface area contributed by atoms with Crippen molar-refractivity contribution in [3.05, 3.63) is 60.4 Å². The number of carbonyl (C=O) groups excluding carboxylic acids is 2. The number of amides is 1. The first kappa shape index (κ1) is 19.6. The lowest BCUT2D eigenvalue weighted by Gasteiger charge is -2.08. The molecule has 0 atom stereocenters. The average molecular weight is 380 g/mol. The van der Waals surface area contributed by atoms with E-state index in [2.05, 4.69) is 5.32 Å². The fourth-order valence-corrected chi connectivity index (χ4v) is 3.05. The molecule has 1 N–H and O–H groups in total. The predicted octanol–water partition coefficient (Wildman–Crippen LogP) is 3.34. The van der Waals surface area contributed by atoms with Crippen molar-refractivity contribution in [1.29, 1.82) is 0 Å². The molecule has 0 saturated heterocycles. The van der Waals surface area contributed by atoms with Crippen molar-refractivity contribution in [3.63, 3.8) is 0 Å². The van der Waals surface area contributed by atoms with Crippen LogP contribution in [0.25, 0.3) is 16.6 Å². The van der Waals surface area contributed by atoms with Gasteiger partial charge in [-0.05, 0) is 49.2 Å². The summed E-state index contributed by atoms with van der Waals surface area (Å²) in [6.07, 6.45) is 2.45. The third-order valence-corrected chi connectivity index (χ3v) is 4.46. The zero-order valence-corrected chi connectivity index (χ0v) is 16.1. The summed E-state index contributed by atoms with van der Waals surface area (Å²) in [4.78, 5) is 25.4. The number of fused-ring (bicyclic) bond motifs is 1. The Morgan fingerprint density at radius 2 is 1.89 bits per heavy atom. The molecular formula is C22H24N2O4. The van der Waals surface area contributed by atoms with Gasteiger partial charge in [0.1, 0.15) is 11.4 Å². The molecule has 0 spiro atoms. The number of aromatic nitrogens is 1. The molecule has 0 fully saturated rings. The summed E-state index contributed by atoms with van der Waals surface area (Å²) in [6.45, 7) is 3.50. The van der Waals surface area contributed by atoms with Gasteiger partial charge in [0.25, 0.3) is 11.7 Å². The van der Waals surface area contributed by atoms with Crippen LogP contribution < -0.4 is 10.1 Å². The first-order valence-electron chi connectivity index (χ1n) is 9.30. The summed E-state index contributed by atoms with van der Waals surface area (Å²) in [7, 11) is 1.60. The number of ketones is 1. The lowest BCUT2D eigenvalue weighted by atomic mass is 10.0. The summed E-state index contributed by atoms with van der Waals surface area (Å²) in [5.74, 6) is -0.448. The summed E-state index contributed by atoms with van der Waals surface area (Å²) in [6, 6.07) is 15.0. The van der Waals surface area contributed by atoms with Crippen molar-refractivity contribution in [2.75, 3.05) is 26.9 Å². The molecule has 0 aliphatic rings. The van der Waals surface area contributed by atoms with Crippen molar-refractivity contribution in [3.8, 4) is 16.9 Å². The summed E-state index contributed by atoms with van der Waals surface area (Å²) in [5, 5.41) is 2.69. The van der Waals surface area contributed by atoms with E-state index in [1.165, 1.54) is 0 Å². The Labute approximate surface area is 164 Å². The van der Waals surface area contributed by atoms with E-state index in [4.69, 9.17) is 9.47 Å². The van der Waals surface area contributed by atoms with E-state index in [0.29, 0.717) is 37.4 Å². The normalized spacial score (nSPS) is 10.8. The van der Waals surface area contributed by atoms with Gasteiger partial charge in [-0.2, -0.15) is 0 Å². The molecule has 1 amide bonds. The molecule has 3 rings (SSSR count). The van der Waals surface area contributed by atoms with Gasteiger partial charge in [-0.25, -0.2) is 0 Å². The number of ether oxygens (including phenoxy) is 2. The van der Waals surface area contributed by atoms with Crippen molar-refractivity contribution >= 4 is 17.2 Å². The van der Waals surface area contributed by atoms with Crippen molar-refractivity contribution in [2.45, 2.75) is 13.3 Å². The maximum absolute atomic E-state index is 13.0. The van der Waals surface area contributed by atoms with Crippen molar-refractivity contribution < 1.29 is 19.1 Å². The molecule has 6 heteroatoms. The summed E-state index contributed by atoms with van der Waals surface area (Å²) in [5.41, 5.74) is 2.75. The van der Waals surface area contributed by atoms with Gasteiger partial charge in [-0.3, -0.25) is 9.59 Å². The minimum absolute atomic E-state index is 0.350. The van der Waals surface area contributed by atoms with Gasteiger partial charge in [0.15, 0.2) is 0 Å². The minimum atomic E-state index is -0.616. The molecule has 0 radical (unpaired) electrons. The predicted molar refractivity (Wildman–Crippen MR) is 108 cm³/mol. The average Bonchev–Trinajstić information content (AvgIpc) is 3.12. The van der Waals surface area contributed by atoms with Gasteiger partial charge in [0, 0.05) is 37.0 Å². The highest BCUT2D eigenvalue weighted by Crippen LogP contribution is 2.29. The van der Waals surface area contributed by atoms with Crippen LogP contribution in [0.4, 0.5) is 0 Å². The van der Waals surface area contributed by atoms with Crippen LogP contribution in [-0.2, 0) is 9.53 Å². The molecule has 2 heterocycles. The van der Waals surface area contributed by atoms with Gasteiger partial charge in [0.2, 0.25) is 0 Å². The largest absolute Gasteiger partial charge is 0.497 e. The van der Waals surface area contributed by atoms with Gasteiger partial charge in [-0.15, -0.1) is 0 Å². The lowest BCUT2D eigenvalue weighted by Crippen LogP contribution is -2.33. The zero-order valence-electron chi connectivity index (χ0n) is 16.1. The molecule has 0 saturated carbocycles. The van der Waals surface area contributed by atoms with E-state index in [-0.39, 0.29) is 0 Å². The SMILES string of the molecule is CCOCCCNC(=O)C(=O)c1c(-c2ccc(OC)cc2)cc2ccccn12. The first-order valence-corrected chi connectivity index (χ1v) is 9.30. The summed E-state index contributed by atoms with van der Waals surface area (Å²) < 4.78 is 12.2. The number of nitrogens with zero attached hydrogens (tertiary/aromatic N) is 1. The number of hydrogen-bond donors (Lipinski definition) is 1. The molecule has 0 unspecified atom stereocenters. The molecule has 2 aromatic heterocycles. The highest BCUT2D eigenvalue weighted by molar-refractivity contribution is 6.43. The van der Waals surface area contributed by atoms with Crippen LogP contribution >= 0.6 is 0 Å². The number of nitrogens with one attached hydrogen (secondary N) is 1. The minimum Gasteiger partial charge on any atom is -0.497 e. The highest BCUT2D eigenvalue weighted by Gasteiger charge is 2.24. The Balaban J connectivity index is 1.90. The third kappa shape index (κ3) is 4.23. The number of hydrogen-bond acceptors (Lipinski definition) is 4. The van der Waals surface area contributed by atoms with E-state index in [1.807, 2.05) is 55.5 Å². The Kier molecular flexibility index (Phi) is 6.45. The first-order chi connectivity index (χ1) is 13.7. The van der Waals surface area contributed by atoms with E-state index in [1.54, 1.807) is 17.7 Å². The molecular weight excluding hydrogens is 356 g/mol. The van der Waals surface area contributed by atoms with E-state index < -0.39 is 11.7 Å². The molecule has 1 aromatic carbocycles. The molecule has 0 aliphatic carbocycles. The highest BCUT2D eigenvalue weighted by atomic mass is 16.5. The molecule has 3 aromatic rings. The second-order valence-corrected chi connectivity index (χ2v) is 6.27. The Bertz CT molecular complexity index is 960. The van der Waals surface area contributed by atoms with Gasteiger partial charge >= 0.3 is 0 Å². The smallest absolute Gasteiger partial charge is 0.294 e. The maximum atomic E-state index is 13.0. The number of rotatable bonds is 9. The Hall–Kier alpha value is -3.12. The van der Waals surface area contributed by atoms with E-state index in [0.717, 1.165) is 16.8 Å². The van der Waals surface area contributed by atoms with Crippen molar-refractivity contribution in [2.24, 2.45) is 0 Å². The fourth-order valence-electron chi connectivity index (χ4n) is 3.05. The molecule has 0 bridgehead atoms. The lowest BCUT2D eigenvalue weighted by molar-refractivity contribution is -0.117. The van der Waals surface area contributed by atoms with Crippen LogP contribution in [0.3, 0.4) is 0 Å². The maximum Gasteiger partial charge on any atom is 0.294 e. The fraction of sp³-hybridized carbons (Fsp3) is 0.273. The van der Waals surface area contributed by atoms with Gasteiger partial charge in [-0.1, -0.05) is 18.2 Å². The number of benzene rings is 1. The number of pyridine rings is 1.